The molecule has 13 heavy (non-hydrogen) atoms. The van der Waals surface area contributed by atoms with Crippen LogP contribution in [-0.4, -0.2) is 24.1 Å². The molecule has 0 unspecified atom stereocenters. The lowest BCUT2D eigenvalue weighted by atomic mass is 10.2. The first-order valence-corrected chi connectivity index (χ1v) is 4.48. The van der Waals surface area contributed by atoms with Crippen LogP contribution in [0.4, 0.5) is 11.6 Å². The number of nitrogens with two attached hydrogens (primary N) is 1. The summed E-state index contributed by atoms with van der Waals surface area (Å²) in [6, 6.07) is 0. The quantitative estimate of drug-likeness (QED) is 0.734. The highest BCUT2D eigenvalue weighted by Crippen LogP contribution is 2.41. The molecule has 0 aromatic carbocycles. The van der Waals surface area contributed by atoms with Gasteiger partial charge in [-0.15, -0.1) is 0 Å². The molecule has 0 atom stereocenters. The molecule has 0 aliphatic heterocycles. The Balaban J connectivity index is 2.36. The van der Waals surface area contributed by atoms with E-state index in [1.54, 1.807) is 6.20 Å². The summed E-state index contributed by atoms with van der Waals surface area (Å²) in [5.74, 6) is 1.33. The van der Waals surface area contributed by atoms with Gasteiger partial charge in [0.25, 0.3) is 0 Å². The minimum atomic E-state index is 0.585. The second-order valence-electron chi connectivity index (χ2n) is 3.68. The van der Waals surface area contributed by atoms with Gasteiger partial charge < -0.3 is 10.6 Å². The second-order valence-corrected chi connectivity index (χ2v) is 3.68. The summed E-state index contributed by atoms with van der Waals surface area (Å²) in [6.07, 6.45) is 4.14. The van der Waals surface area contributed by atoms with Gasteiger partial charge in [-0.2, -0.15) is 0 Å². The first kappa shape index (κ1) is 8.29. The number of hydrogen-bond acceptors (Lipinski definition) is 4. The van der Waals surface area contributed by atoms with Crippen molar-refractivity contribution in [2.24, 2.45) is 0 Å². The third-order valence-electron chi connectivity index (χ3n) is 2.20. The molecule has 4 heteroatoms. The maximum absolute atomic E-state index is 5.79. The molecule has 2 N–H and O–H groups in total. The van der Waals surface area contributed by atoms with Crippen LogP contribution in [0.25, 0.3) is 0 Å². The Labute approximate surface area is 77.8 Å². The van der Waals surface area contributed by atoms with Gasteiger partial charge in [0.1, 0.15) is 0 Å². The van der Waals surface area contributed by atoms with Gasteiger partial charge in [-0.25, -0.2) is 9.97 Å². The fraction of sp³-hybridized carbons (Fsp3) is 0.556. The molecule has 1 saturated carbocycles. The van der Waals surface area contributed by atoms with Crippen LogP contribution in [-0.2, 0) is 0 Å². The van der Waals surface area contributed by atoms with Gasteiger partial charge in [0.2, 0.25) is 5.95 Å². The highest BCUT2D eigenvalue weighted by atomic mass is 15.2. The van der Waals surface area contributed by atoms with Gasteiger partial charge in [-0.1, -0.05) is 0 Å². The van der Waals surface area contributed by atoms with Crippen LogP contribution in [0, 0.1) is 0 Å². The van der Waals surface area contributed by atoms with Crippen molar-refractivity contribution < 1.29 is 0 Å². The highest BCUT2D eigenvalue weighted by Gasteiger charge is 2.27. The Bertz CT molecular complexity index is 317. The van der Waals surface area contributed by atoms with Crippen molar-refractivity contribution in [1.29, 1.82) is 0 Å². The number of anilines is 2. The molecule has 1 aromatic rings. The molecule has 0 radical (unpaired) electrons. The maximum atomic E-state index is 5.79. The van der Waals surface area contributed by atoms with Crippen LogP contribution in [0.15, 0.2) is 6.20 Å². The van der Waals surface area contributed by atoms with Crippen LogP contribution in [0.2, 0.25) is 0 Å². The molecule has 1 aliphatic rings. The van der Waals surface area contributed by atoms with Crippen molar-refractivity contribution in [2.45, 2.75) is 18.8 Å². The zero-order valence-corrected chi connectivity index (χ0v) is 7.99. The molecule has 0 spiro atoms. The molecule has 1 heterocycles. The Kier molecular flexibility index (Phi) is 1.83. The van der Waals surface area contributed by atoms with E-state index in [1.165, 1.54) is 12.8 Å². The predicted molar refractivity (Wildman–Crippen MR) is 52.7 cm³/mol. The zero-order chi connectivity index (χ0) is 9.42. The van der Waals surface area contributed by atoms with Crippen molar-refractivity contribution in [3.63, 3.8) is 0 Å². The molecule has 2 rings (SSSR count). The van der Waals surface area contributed by atoms with Gasteiger partial charge in [0, 0.05) is 20.0 Å². The van der Waals surface area contributed by atoms with Gasteiger partial charge in [-0.05, 0) is 12.8 Å². The van der Waals surface area contributed by atoms with Crippen molar-refractivity contribution in [3.8, 4) is 0 Å². The van der Waals surface area contributed by atoms with E-state index in [-0.39, 0.29) is 0 Å². The van der Waals surface area contributed by atoms with Gasteiger partial charge in [-0.3, -0.25) is 0 Å². The summed E-state index contributed by atoms with van der Waals surface area (Å²) in [4.78, 5) is 10.5. The number of hydrogen-bond donors (Lipinski definition) is 1. The number of nitrogens with zero attached hydrogens (tertiary/aromatic N) is 3. The van der Waals surface area contributed by atoms with E-state index in [0.29, 0.717) is 5.92 Å². The van der Waals surface area contributed by atoms with Crippen LogP contribution in [0.1, 0.15) is 24.5 Å². The van der Waals surface area contributed by atoms with Gasteiger partial charge in [0.05, 0.1) is 17.6 Å². The lowest BCUT2D eigenvalue weighted by Gasteiger charge is -2.11. The lowest BCUT2D eigenvalue weighted by Crippen LogP contribution is -2.14. The largest absolute Gasteiger partial charge is 0.396 e. The Morgan fingerprint density at radius 2 is 2.15 bits per heavy atom. The fourth-order valence-electron chi connectivity index (χ4n) is 1.29. The first-order valence-electron chi connectivity index (χ1n) is 4.48. The molecule has 0 amide bonds. The molecule has 1 fully saturated rings. The second kappa shape index (κ2) is 2.87. The summed E-state index contributed by atoms with van der Waals surface area (Å²) >= 11 is 0. The van der Waals surface area contributed by atoms with E-state index >= 15 is 0 Å². The predicted octanol–water partition coefficient (Wildman–Crippen LogP) is 1.00. The number of rotatable bonds is 2. The SMILES string of the molecule is CN(C)c1ncc(N)c(C2CC2)n1. The van der Waals surface area contributed by atoms with E-state index < -0.39 is 0 Å². The molecule has 0 bridgehead atoms. The van der Waals surface area contributed by atoms with Crippen molar-refractivity contribution >= 4 is 11.6 Å². The summed E-state index contributed by atoms with van der Waals surface area (Å²) in [7, 11) is 3.87. The molecule has 0 saturated heterocycles. The molecule has 1 aromatic heterocycles. The van der Waals surface area contributed by atoms with Crippen LogP contribution in [0.3, 0.4) is 0 Å². The molecule has 70 valence electrons. The molecular formula is C9H14N4. The van der Waals surface area contributed by atoms with E-state index in [4.69, 9.17) is 5.73 Å². The maximum Gasteiger partial charge on any atom is 0.225 e. The average molecular weight is 178 g/mol. The summed E-state index contributed by atoms with van der Waals surface area (Å²) in [5, 5.41) is 0. The van der Waals surface area contributed by atoms with E-state index in [1.807, 2.05) is 19.0 Å². The van der Waals surface area contributed by atoms with E-state index in [2.05, 4.69) is 9.97 Å². The topological polar surface area (TPSA) is 55.0 Å². The highest BCUT2D eigenvalue weighted by molar-refractivity contribution is 5.47. The standard InChI is InChI=1S/C9H14N4/c1-13(2)9-11-5-7(10)8(12-9)6-3-4-6/h5-6H,3-4,10H2,1-2H3. The van der Waals surface area contributed by atoms with Crippen LogP contribution in [0.5, 0.6) is 0 Å². The zero-order valence-electron chi connectivity index (χ0n) is 7.99. The summed E-state index contributed by atoms with van der Waals surface area (Å²) in [5.41, 5.74) is 7.54. The third-order valence-corrected chi connectivity index (χ3v) is 2.20. The fourth-order valence-corrected chi connectivity index (χ4v) is 1.29. The monoisotopic (exact) mass is 178 g/mol. The summed E-state index contributed by atoms with van der Waals surface area (Å²) < 4.78 is 0. The molecular weight excluding hydrogens is 164 g/mol. The van der Waals surface area contributed by atoms with Crippen LogP contribution < -0.4 is 10.6 Å². The Hall–Kier alpha value is -1.32. The van der Waals surface area contributed by atoms with Gasteiger partial charge in [0.15, 0.2) is 0 Å². The molecule has 1 aliphatic carbocycles. The lowest BCUT2D eigenvalue weighted by molar-refractivity contribution is 0.938. The Morgan fingerprint density at radius 3 is 2.69 bits per heavy atom. The van der Waals surface area contributed by atoms with Crippen molar-refractivity contribution in [2.75, 3.05) is 24.7 Å². The average Bonchev–Trinajstić information content (AvgIpc) is 2.87. The smallest absolute Gasteiger partial charge is 0.225 e. The van der Waals surface area contributed by atoms with Gasteiger partial charge >= 0.3 is 0 Å². The molecule has 4 nitrogen and oxygen atoms in total. The van der Waals surface area contributed by atoms with Crippen molar-refractivity contribution in [1.82, 2.24) is 9.97 Å². The number of nitrogen functional groups attached to an aromatic ring is 1. The minimum Gasteiger partial charge on any atom is -0.396 e. The third kappa shape index (κ3) is 1.56. The minimum absolute atomic E-state index is 0.585. The van der Waals surface area contributed by atoms with Crippen molar-refractivity contribution in [3.05, 3.63) is 11.9 Å². The van der Waals surface area contributed by atoms with E-state index in [9.17, 15) is 0 Å². The number of aromatic nitrogens is 2. The Morgan fingerprint density at radius 1 is 1.46 bits per heavy atom. The van der Waals surface area contributed by atoms with E-state index in [0.717, 1.165) is 17.3 Å². The summed E-state index contributed by atoms with van der Waals surface area (Å²) in [6.45, 7) is 0. The van der Waals surface area contributed by atoms with Crippen LogP contribution >= 0.6 is 0 Å². The first-order chi connectivity index (χ1) is 6.18. The normalized spacial score (nSPS) is 15.8.